The Balaban J connectivity index is 2.23. The predicted molar refractivity (Wildman–Crippen MR) is 84.9 cm³/mol. The highest BCUT2D eigenvalue weighted by Crippen LogP contribution is 2.30. The summed E-state index contributed by atoms with van der Waals surface area (Å²) in [5, 5.41) is 0.968. The molecule has 0 fully saturated rings. The van der Waals surface area contributed by atoms with Crippen LogP contribution in [-0.4, -0.2) is 9.55 Å². The van der Waals surface area contributed by atoms with E-state index in [4.69, 9.17) is 28.9 Å². The summed E-state index contributed by atoms with van der Waals surface area (Å²) < 4.78 is 1.87. The molecule has 0 aliphatic rings. The molecular formula is C15H13Cl2N3. The molecule has 3 rings (SSSR count). The number of anilines is 1. The highest BCUT2D eigenvalue weighted by atomic mass is 35.5. The molecule has 1 aromatic heterocycles. The smallest absolute Gasteiger partial charge is 0.205 e. The maximum Gasteiger partial charge on any atom is 0.205 e. The molecule has 1 heterocycles. The number of nitrogens with zero attached hydrogens (tertiary/aromatic N) is 2. The first-order valence-electron chi connectivity index (χ1n) is 6.32. The molecule has 0 bridgehead atoms. The Morgan fingerprint density at radius 1 is 1.10 bits per heavy atom. The highest BCUT2D eigenvalue weighted by Gasteiger charge is 2.12. The van der Waals surface area contributed by atoms with Gasteiger partial charge in [0.05, 0.1) is 21.1 Å². The number of fused-ring (bicyclic) bond motifs is 1. The summed E-state index contributed by atoms with van der Waals surface area (Å²) in [5.74, 6) is 0.419. The molecule has 5 heteroatoms. The highest BCUT2D eigenvalue weighted by molar-refractivity contribution is 6.42. The van der Waals surface area contributed by atoms with Gasteiger partial charge >= 0.3 is 0 Å². The van der Waals surface area contributed by atoms with E-state index in [2.05, 4.69) is 24.0 Å². The van der Waals surface area contributed by atoms with Crippen molar-refractivity contribution in [2.45, 2.75) is 13.3 Å². The second-order valence-corrected chi connectivity index (χ2v) is 5.39. The zero-order valence-electron chi connectivity index (χ0n) is 10.9. The lowest BCUT2D eigenvalue weighted by atomic mass is 10.1. The Bertz CT molecular complexity index is 776. The topological polar surface area (TPSA) is 43.8 Å². The minimum Gasteiger partial charge on any atom is -0.369 e. The number of halogens is 2. The summed E-state index contributed by atoms with van der Waals surface area (Å²) in [6, 6.07) is 11.7. The largest absolute Gasteiger partial charge is 0.369 e. The lowest BCUT2D eigenvalue weighted by Crippen LogP contribution is -2.00. The summed E-state index contributed by atoms with van der Waals surface area (Å²) in [7, 11) is 0. The number of imidazole rings is 1. The van der Waals surface area contributed by atoms with Crippen LogP contribution in [0, 0.1) is 0 Å². The second kappa shape index (κ2) is 5.00. The van der Waals surface area contributed by atoms with Crippen molar-refractivity contribution in [3.8, 4) is 5.69 Å². The van der Waals surface area contributed by atoms with Gasteiger partial charge in [0, 0.05) is 5.69 Å². The Labute approximate surface area is 126 Å². The third kappa shape index (κ3) is 2.13. The van der Waals surface area contributed by atoms with E-state index in [-0.39, 0.29) is 0 Å². The average Bonchev–Trinajstić information content (AvgIpc) is 2.75. The van der Waals surface area contributed by atoms with Crippen LogP contribution in [0.4, 0.5) is 5.95 Å². The molecule has 0 saturated carbocycles. The van der Waals surface area contributed by atoms with Gasteiger partial charge in [-0.15, -0.1) is 0 Å². The Morgan fingerprint density at radius 2 is 1.75 bits per heavy atom. The van der Waals surface area contributed by atoms with E-state index < -0.39 is 0 Å². The standard InChI is InChI=1S/C15H13Cl2N3/c1-2-9-3-5-10(6-4-9)20-14-8-12(17)11(16)7-13(14)19-15(20)18/h3-8H,2H2,1H3,(H2,18,19). The fourth-order valence-corrected chi connectivity index (χ4v) is 2.56. The van der Waals surface area contributed by atoms with Crippen LogP contribution < -0.4 is 5.73 Å². The quantitative estimate of drug-likeness (QED) is 0.758. The summed E-state index contributed by atoms with van der Waals surface area (Å²) in [4.78, 5) is 4.33. The van der Waals surface area contributed by atoms with Gasteiger partial charge in [0.15, 0.2) is 0 Å². The van der Waals surface area contributed by atoms with Crippen molar-refractivity contribution in [3.63, 3.8) is 0 Å². The number of benzene rings is 2. The maximum absolute atomic E-state index is 6.09. The average molecular weight is 306 g/mol. The van der Waals surface area contributed by atoms with E-state index in [1.165, 1.54) is 5.56 Å². The molecule has 0 radical (unpaired) electrons. The first-order valence-corrected chi connectivity index (χ1v) is 7.08. The molecule has 20 heavy (non-hydrogen) atoms. The lowest BCUT2D eigenvalue weighted by Gasteiger charge is -2.07. The molecule has 102 valence electrons. The maximum atomic E-state index is 6.09. The Hall–Kier alpha value is -1.71. The number of hydrogen-bond donors (Lipinski definition) is 1. The van der Waals surface area contributed by atoms with Gasteiger partial charge < -0.3 is 5.73 Å². The van der Waals surface area contributed by atoms with Gasteiger partial charge in [0.1, 0.15) is 0 Å². The fourth-order valence-electron chi connectivity index (χ4n) is 2.24. The lowest BCUT2D eigenvalue weighted by molar-refractivity contribution is 1.09. The van der Waals surface area contributed by atoms with Crippen LogP contribution in [0.3, 0.4) is 0 Å². The molecule has 3 nitrogen and oxygen atoms in total. The normalized spacial score (nSPS) is 11.2. The molecule has 3 aromatic rings. The molecule has 0 atom stereocenters. The monoisotopic (exact) mass is 305 g/mol. The van der Waals surface area contributed by atoms with Gasteiger partial charge in [-0.05, 0) is 36.2 Å². The Morgan fingerprint density at radius 3 is 2.40 bits per heavy atom. The number of aryl methyl sites for hydroxylation is 1. The van der Waals surface area contributed by atoms with Crippen molar-refractivity contribution in [3.05, 3.63) is 52.0 Å². The van der Waals surface area contributed by atoms with Crippen LogP contribution in [0.5, 0.6) is 0 Å². The van der Waals surface area contributed by atoms with Crippen molar-refractivity contribution in [1.82, 2.24) is 9.55 Å². The SMILES string of the molecule is CCc1ccc(-n2c(N)nc3cc(Cl)c(Cl)cc32)cc1. The summed E-state index contributed by atoms with van der Waals surface area (Å²) in [6.07, 6.45) is 1.00. The molecule has 0 spiro atoms. The summed E-state index contributed by atoms with van der Waals surface area (Å²) >= 11 is 12.1. The summed E-state index contributed by atoms with van der Waals surface area (Å²) in [6.45, 7) is 2.12. The molecule has 0 amide bonds. The van der Waals surface area contributed by atoms with Gasteiger partial charge in [0.2, 0.25) is 5.95 Å². The van der Waals surface area contributed by atoms with Crippen LogP contribution in [0.2, 0.25) is 10.0 Å². The van der Waals surface area contributed by atoms with Gasteiger partial charge in [-0.25, -0.2) is 4.98 Å². The van der Waals surface area contributed by atoms with Crippen molar-refractivity contribution < 1.29 is 0 Å². The predicted octanol–water partition coefficient (Wildman–Crippen LogP) is 4.48. The summed E-state index contributed by atoms with van der Waals surface area (Å²) in [5.41, 5.74) is 9.84. The van der Waals surface area contributed by atoms with E-state index in [1.54, 1.807) is 12.1 Å². The van der Waals surface area contributed by atoms with E-state index in [0.29, 0.717) is 16.0 Å². The number of rotatable bonds is 2. The van der Waals surface area contributed by atoms with Gasteiger partial charge in [-0.2, -0.15) is 0 Å². The number of nitrogen functional groups attached to an aromatic ring is 1. The Kier molecular flexibility index (Phi) is 3.32. The van der Waals surface area contributed by atoms with Gasteiger partial charge in [-0.1, -0.05) is 42.3 Å². The zero-order valence-corrected chi connectivity index (χ0v) is 12.4. The first-order chi connectivity index (χ1) is 9.60. The van der Waals surface area contributed by atoms with Crippen molar-refractivity contribution in [2.75, 3.05) is 5.73 Å². The third-order valence-corrected chi connectivity index (χ3v) is 4.05. The zero-order chi connectivity index (χ0) is 14.3. The molecule has 2 aromatic carbocycles. The van der Waals surface area contributed by atoms with E-state index in [0.717, 1.165) is 23.1 Å². The minimum absolute atomic E-state index is 0.419. The van der Waals surface area contributed by atoms with Gasteiger partial charge in [-0.3, -0.25) is 4.57 Å². The van der Waals surface area contributed by atoms with Crippen LogP contribution >= 0.6 is 23.2 Å². The van der Waals surface area contributed by atoms with Crippen molar-refractivity contribution in [2.24, 2.45) is 0 Å². The van der Waals surface area contributed by atoms with Crippen molar-refractivity contribution in [1.29, 1.82) is 0 Å². The van der Waals surface area contributed by atoms with E-state index in [1.807, 2.05) is 16.7 Å². The number of hydrogen-bond acceptors (Lipinski definition) is 2. The molecule has 0 unspecified atom stereocenters. The van der Waals surface area contributed by atoms with Crippen LogP contribution in [0.25, 0.3) is 16.7 Å². The van der Waals surface area contributed by atoms with Crippen LogP contribution in [0.1, 0.15) is 12.5 Å². The van der Waals surface area contributed by atoms with E-state index >= 15 is 0 Å². The third-order valence-electron chi connectivity index (χ3n) is 3.33. The molecule has 2 N–H and O–H groups in total. The fraction of sp³-hybridized carbons (Fsp3) is 0.133. The van der Waals surface area contributed by atoms with E-state index in [9.17, 15) is 0 Å². The number of nitrogens with two attached hydrogens (primary N) is 1. The van der Waals surface area contributed by atoms with Crippen LogP contribution in [0.15, 0.2) is 36.4 Å². The minimum atomic E-state index is 0.419. The first kappa shape index (κ1) is 13.3. The van der Waals surface area contributed by atoms with Crippen molar-refractivity contribution >= 4 is 40.2 Å². The molecule has 0 aliphatic carbocycles. The molecular weight excluding hydrogens is 293 g/mol. The molecule has 0 aliphatic heterocycles. The second-order valence-electron chi connectivity index (χ2n) is 4.58. The van der Waals surface area contributed by atoms with Crippen LogP contribution in [-0.2, 0) is 6.42 Å². The molecule has 0 saturated heterocycles. The number of aromatic nitrogens is 2. The van der Waals surface area contributed by atoms with Gasteiger partial charge in [0.25, 0.3) is 0 Å².